The van der Waals surface area contributed by atoms with E-state index in [9.17, 15) is 9.90 Å². The van der Waals surface area contributed by atoms with Crippen LogP contribution in [0.15, 0.2) is 36.4 Å². The zero-order valence-corrected chi connectivity index (χ0v) is 16.4. The van der Waals surface area contributed by atoms with Crippen molar-refractivity contribution in [2.75, 3.05) is 0 Å². The molecule has 2 atom stereocenters. The third-order valence-corrected chi connectivity index (χ3v) is 5.67. The van der Waals surface area contributed by atoms with Crippen molar-refractivity contribution < 1.29 is 14.6 Å². The number of amides is 2. The van der Waals surface area contributed by atoms with E-state index in [1.54, 1.807) is 12.1 Å². The molecule has 2 aliphatic heterocycles. The molecule has 142 valence electrons. The summed E-state index contributed by atoms with van der Waals surface area (Å²) in [6.45, 7) is 5.91. The van der Waals surface area contributed by atoms with Crippen molar-refractivity contribution in [2.45, 2.75) is 50.8 Å². The quantitative estimate of drug-likeness (QED) is 0.678. The normalized spacial score (nSPS) is 25.9. The van der Waals surface area contributed by atoms with Gasteiger partial charge in [0.1, 0.15) is 11.5 Å². The standard InChI is InChI=1S/C21H23ClN2O3/c1-12-8-13(25)9-17-18(12)15(14-6-4-5-7-16(14)22)10-21(27-17)11-20(2,3)23-19(26)24-21/h4-9,15,25H,10-11H2,1-3H3,(H2,23,24,26)/t15-,21+/m0/s1. The largest absolute Gasteiger partial charge is 0.508 e. The summed E-state index contributed by atoms with van der Waals surface area (Å²) in [5.41, 5.74) is 1.63. The number of aryl methyl sites for hydroxylation is 1. The predicted molar refractivity (Wildman–Crippen MR) is 104 cm³/mol. The number of phenols is 1. The molecule has 2 heterocycles. The number of carbonyl (C=O) groups excluding carboxylic acids is 1. The fourth-order valence-corrected chi connectivity index (χ4v) is 4.79. The molecule has 6 heteroatoms. The van der Waals surface area contributed by atoms with E-state index in [-0.39, 0.29) is 17.7 Å². The van der Waals surface area contributed by atoms with E-state index in [1.165, 1.54) is 0 Å². The van der Waals surface area contributed by atoms with Crippen LogP contribution in [-0.4, -0.2) is 22.4 Å². The SMILES string of the molecule is Cc1cc(O)cc2c1[C@H](c1ccccc1Cl)C[C@]1(CC(C)(C)NC(=O)N1)O2. The van der Waals surface area contributed by atoms with Gasteiger partial charge in [-0.2, -0.15) is 0 Å². The van der Waals surface area contributed by atoms with Gasteiger partial charge in [0.25, 0.3) is 0 Å². The molecule has 2 amide bonds. The fraction of sp³-hybridized carbons (Fsp3) is 0.381. The number of fused-ring (bicyclic) bond motifs is 1. The van der Waals surface area contributed by atoms with Gasteiger partial charge < -0.3 is 20.5 Å². The molecule has 1 saturated heterocycles. The molecule has 27 heavy (non-hydrogen) atoms. The Morgan fingerprint density at radius 1 is 1.22 bits per heavy atom. The number of phenolic OH excluding ortho intramolecular Hbond substituents is 1. The molecular weight excluding hydrogens is 364 g/mol. The summed E-state index contributed by atoms with van der Waals surface area (Å²) in [7, 11) is 0. The van der Waals surface area contributed by atoms with Crippen molar-refractivity contribution in [3.63, 3.8) is 0 Å². The van der Waals surface area contributed by atoms with Crippen LogP contribution in [0.1, 0.15) is 49.3 Å². The van der Waals surface area contributed by atoms with E-state index < -0.39 is 11.3 Å². The van der Waals surface area contributed by atoms with Gasteiger partial charge in [-0.3, -0.25) is 0 Å². The van der Waals surface area contributed by atoms with E-state index in [1.807, 2.05) is 45.0 Å². The number of ether oxygens (including phenoxy) is 1. The van der Waals surface area contributed by atoms with Crippen LogP contribution >= 0.6 is 11.6 Å². The monoisotopic (exact) mass is 386 g/mol. The maximum Gasteiger partial charge on any atom is 0.318 e. The lowest BCUT2D eigenvalue weighted by atomic mass is 9.76. The number of aromatic hydroxyl groups is 1. The van der Waals surface area contributed by atoms with Crippen molar-refractivity contribution >= 4 is 17.6 Å². The van der Waals surface area contributed by atoms with Crippen LogP contribution < -0.4 is 15.4 Å². The van der Waals surface area contributed by atoms with Crippen LogP contribution in [0.2, 0.25) is 5.02 Å². The van der Waals surface area contributed by atoms with Gasteiger partial charge in [0.05, 0.1) is 0 Å². The number of nitrogens with one attached hydrogen (secondary N) is 2. The van der Waals surface area contributed by atoms with Crippen LogP contribution in [0.4, 0.5) is 4.79 Å². The topological polar surface area (TPSA) is 70.6 Å². The fourth-order valence-electron chi connectivity index (χ4n) is 4.52. The molecule has 1 spiro atoms. The van der Waals surface area contributed by atoms with E-state index in [4.69, 9.17) is 16.3 Å². The van der Waals surface area contributed by atoms with Crippen molar-refractivity contribution in [2.24, 2.45) is 0 Å². The first kappa shape index (κ1) is 18.0. The zero-order valence-electron chi connectivity index (χ0n) is 15.6. The maximum atomic E-state index is 12.3. The van der Waals surface area contributed by atoms with Gasteiger partial charge >= 0.3 is 6.03 Å². The number of hydrogen-bond donors (Lipinski definition) is 3. The second-order valence-electron chi connectivity index (χ2n) is 8.19. The molecule has 2 aromatic carbocycles. The molecule has 2 aromatic rings. The van der Waals surface area contributed by atoms with Gasteiger partial charge in [0.15, 0.2) is 5.72 Å². The van der Waals surface area contributed by atoms with Crippen LogP contribution in [0.25, 0.3) is 0 Å². The Hall–Kier alpha value is -2.40. The lowest BCUT2D eigenvalue weighted by Gasteiger charge is -2.49. The third kappa shape index (κ3) is 3.21. The average Bonchev–Trinajstić information content (AvgIpc) is 2.51. The molecule has 2 aliphatic rings. The summed E-state index contributed by atoms with van der Waals surface area (Å²) in [5.74, 6) is 0.666. The van der Waals surface area contributed by atoms with Crippen molar-refractivity contribution in [3.8, 4) is 11.5 Å². The number of halogens is 1. The third-order valence-electron chi connectivity index (χ3n) is 5.32. The number of carbonyl (C=O) groups is 1. The summed E-state index contributed by atoms with van der Waals surface area (Å²) in [5, 5.41) is 16.7. The molecule has 0 saturated carbocycles. The molecular formula is C21H23ClN2O3. The molecule has 0 aromatic heterocycles. The lowest BCUT2D eigenvalue weighted by Crippen LogP contribution is -2.69. The molecule has 0 bridgehead atoms. The van der Waals surface area contributed by atoms with E-state index >= 15 is 0 Å². The van der Waals surface area contributed by atoms with Gasteiger partial charge in [-0.25, -0.2) is 4.79 Å². The first-order chi connectivity index (χ1) is 12.7. The predicted octanol–water partition coefficient (Wildman–Crippen LogP) is 4.45. The molecule has 3 N–H and O–H groups in total. The smallest absolute Gasteiger partial charge is 0.318 e. The van der Waals surface area contributed by atoms with Crippen LogP contribution in [0.3, 0.4) is 0 Å². The summed E-state index contributed by atoms with van der Waals surface area (Å²) >= 11 is 6.53. The molecule has 4 rings (SSSR count). The van der Waals surface area contributed by atoms with Crippen molar-refractivity contribution in [3.05, 3.63) is 58.1 Å². The minimum atomic E-state index is -0.872. The van der Waals surface area contributed by atoms with Gasteiger partial charge in [0, 0.05) is 41.0 Å². The summed E-state index contributed by atoms with van der Waals surface area (Å²) in [6, 6.07) is 10.8. The molecule has 0 unspecified atom stereocenters. The zero-order chi connectivity index (χ0) is 19.4. The molecule has 0 aliphatic carbocycles. The highest BCUT2D eigenvalue weighted by Crippen LogP contribution is 2.50. The van der Waals surface area contributed by atoms with Gasteiger partial charge in [-0.05, 0) is 44.0 Å². The first-order valence-electron chi connectivity index (χ1n) is 9.05. The number of urea groups is 1. The molecule has 0 radical (unpaired) electrons. The van der Waals surface area contributed by atoms with Crippen LogP contribution in [-0.2, 0) is 0 Å². The van der Waals surface area contributed by atoms with E-state index in [0.29, 0.717) is 23.6 Å². The highest BCUT2D eigenvalue weighted by atomic mass is 35.5. The Bertz CT molecular complexity index is 928. The Morgan fingerprint density at radius 2 is 1.96 bits per heavy atom. The highest BCUT2D eigenvalue weighted by Gasteiger charge is 2.50. The highest BCUT2D eigenvalue weighted by molar-refractivity contribution is 6.31. The molecule has 5 nitrogen and oxygen atoms in total. The minimum Gasteiger partial charge on any atom is -0.508 e. The Morgan fingerprint density at radius 3 is 2.67 bits per heavy atom. The Labute approximate surface area is 163 Å². The van der Waals surface area contributed by atoms with Crippen LogP contribution in [0, 0.1) is 6.92 Å². The van der Waals surface area contributed by atoms with E-state index in [2.05, 4.69) is 10.6 Å². The van der Waals surface area contributed by atoms with Gasteiger partial charge in [-0.15, -0.1) is 0 Å². The average molecular weight is 387 g/mol. The summed E-state index contributed by atoms with van der Waals surface area (Å²) < 4.78 is 6.34. The molecule has 1 fully saturated rings. The second kappa shape index (κ2) is 6.06. The Balaban J connectivity index is 1.89. The number of rotatable bonds is 1. The summed E-state index contributed by atoms with van der Waals surface area (Å²) in [6.07, 6.45) is 1.15. The van der Waals surface area contributed by atoms with Gasteiger partial charge in [0.2, 0.25) is 0 Å². The summed E-state index contributed by atoms with van der Waals surface area (Å²) in [4.78, 5) is 12.3. The second-order valence-corrected chi connectivity index (χ2v) is 8.60. The number of benzene rings is 2. The van der Waals surface area contributed by atoms with Gasteiger partial charge in [-0.1, -0.05) is 29.8 Å². The minimum absolute atomic E-state index is 0.0581. The Kier molecular flexibility index (Phi) is 4.04. The van der Waals surface area contributed by atoms with Crippen molar-refractivity contribution in [1.82, 2.24) is 10.6 Å². The van der Waals surface area contributed by atoms with Crippen LogP contribution in [0.5, 0.6) is 11.5 Å². The van der Waals surface area contributed by atoms with E-state index in [0.717, 1.165) is 16.7 Å². The first-order valence-corrected chi connectivity index (χ1v) is 9.43. The lowest BCUT2D eigenvalue weighted by molar-refractivity contribution is -0.0237. The van der Waals surface area contributed by atoms with Crippen molar-refractivity contribution in [1.29, 1.82) is 0 Å². The maximum absolute atomic E-state index is 12.3. The number of hydrogen-bond acceptors (Lipinski definition) is 3.